The van der Waals surface area contributed by atoms with Gasteiger partial charge in [0.1, 0.15) is 5.56 Å². The predicted molar refractivity (Wildman–Crippen MR) is 64.7 cm³/mol. The topological polar surface area (TPSA) is 93.6 Å². The van der Waals surface area contributed by atoms with Crippen molar-refractivity contribution in [1.82, 2.24) is 9.97 Å². The Morgan fingerprint density at radius 2 is 2.22 bits per heavy atom. The molecule has 0 amide bonds. The van der Waals surface area contributed by atoms with E-state index in [1.54, 1.807) is 7.11 Å². The fourth-order valence-corrected chi connectivity index (χ4v) is 1.34. The normalized spacial score (nSPS) is 10.3. The molecule has 0 atom stereocenters. The maximum atomic E-state index is 10.9. The van der Waals surface area contributed by atoms with Crippen molar-refractivity contribution in [3.63, 3.8) is 0 Å². The van der Waals surface area contributed by atoms with Gasteiger partial charge in [0.05, 0.1) is 12.3 Å². The molecule has 18 heavy (non-hydrogen) atoms. The number of methoxy groups -OCH3 is 2. The second-order valence-corrected chi connectivity index (χ2v) is 3.57. The average molecular weight is 255 g/mol. The first-order valence-electron chi connectivity index (χ1n) is 5.50. The van der Waals surface area contributed by atoms with E-state index in [0.717, 1.165) is 6.42 Å². The number of carboxylic acid groups (broad SMARTS) is 1. The van der Waals surface area contributed by atoms with E-state index in [9.17, 15) is 4.79 Å². The number of nitrogens with one attached hydrogen (secondary N) is 1. The van der Waals surface area contributed by atoms with E-state index in [0.29, 0.717) is 24.8 Å². The Labute approximate surface area is 105 Å². The zero-order valence-corrected chi connectivity index (χ0v) is 10.5. The summed E-state index contributed by atoms with van der Waals surface area (Å²) in [6.07, 6.45) is 2.10. The van der Waals surface area contributed by atoms with Crippen molar-refractivity contribution in [2.75, 3.05) is 32.7 Å². The van der Waals surface area contributed by atoms with Gasteiger partial charge in [-0.15, -0.1) is 0 Å². The minimum Gasteiger partial charge on any atom is -0.478 e. The standard InChI is InChI=1S/C11H17N3O4/c1-17-5-3-4-12-11-13-6-8(10(15)16)9(14-11)7-18-2/h6H,3-5,7H2,1-2H3,(H,15,16)(H,12,13,14). The van der Waals surface area contributed by atoms with Crippen molar-refractivity contribution in [2.45, 2.75) is 13.0 Å². The Morgan fingerprint density at radius 3 is 2.83 bits per heavy atom. The first-order chi connectivity index (χ1) is 8.69. The Bertz CT molecular complexity index is 398. The first kappa shape index (κ1) is 14.3. The quantitative estimate of drug-likeness (QED) is 0.662. The second kappa shape index (κ2) is 7.57. The zero-order valence-electron chi connectivity index (χ0n) is 10.5. The third kappa shape index (κ3) is 4.27. The van der Waals surface area contributed by atoms with E-state index in [1.165, 1.54) is 13.3 Å². The van der Waals surface area contributed by atoms with Crippen LogP contribution in [0.3, 0.4) is 0 Å². The summed E-state index contributed by atoms with van der Waals surface area (Å²) in [5.74, 6) is -0.670. The third-order valence-corrected chi connectivity index (χ3v) is 2.19. The number of hydrogen-bond acceptors (Lipinski definition) is 6. The van der Waals surface area contributed by atoms with Gasteiger partial charge in [-0.3, -0.25) is 0 Å². The minimum atomic E-state index is -1.06. The highest BCUT2D eigenvalue weighted by atomic mass is 16.5. The van der Waals surface area contributed by atoms with Crippen LogP contribution in [0.1, 0.15) is 22.5 Å². The fourth-order valence-electron chi connectivity index (χ4n) is 1.34. The average Bonchev–Trinajstić information content (AvgIpc) is 2.35. The number of nitrogens with zero attached hydrogens (tertiary/aromatic N) is 2. The van der Waals surface area contributed by atoms with Gasteiger partial charge in [0.25, 0.3) is 0 Å². The molecule has 0 bridgehead atoms. The van der Waals surface area contributed by atoms with Crippen LogP contribution in [0.2, 0.25) is 0 Å². The van der Waals surface area contributed by atoms with Crippen LogP contribution in [0.15, 0.2) is 6.20 Å². The molecule has 1 aromatic heterocycles. The summed E-state index contributed by atoms with van der Waals surface area (Å²) in [6, 6.07) is 0. The molecule has 0 aliphatic rings. The molecule has 0 unspecified atom stereocenters. The van der Waals surface area contributed by atoms with Gasteiger partial charge in [-0.25, -0.2) is 14.8 Å². The van der Waals surface area contributed by atoms with Gasteiger partial charge >= 0.3 is 5.97 Å². The molecule has 1 rings (SSSR count). The van der Waals surface area contributed by atoms with Gasteiger partial charge in [-0.2, -0.15) is 0 Å². The summed E-state index contributed by atoms with van der Waals surface area (Å²) in [6.45, 7) is 1.44. The second-order valence-electron chi connectivity index (χ2n) is 3.57. The summed E-state index contributed by atoms with van der Waals surface area (Å²) in [4.78, 5) is 19.0. The van der Waals surface area contributed by atoms with E-state index >= 15 is 0 Å². The van der Waals surface area contributed by atoms with Crippen molar-refractivity contribution in [3.05, 3.63) is 17.5 Å². The highest BCUT2D eigenvalue weighted by molar-refractivity contribution is 5.88. The maximum Gasteiger partial charge on any atom is 0.339 e. The summed E-state index contributed by atoms with van der Waals surface area (Å²) >= 11 is 0. The number of ether oxygens (including phenoxy) is 2. The molecule has 0 saturated heterocycles. The van der Waals surface area contributed by atoms with Crippen LogP contribution < -0.4 is 5.32 Å². The van der Waals surface area contributed by atoms with Gasteiger partial charge in [0.2, 0.25) is 5.95 Å². The lowest BCUT2D eigenvalue weighted by atomic mass is 10.2. The van der Waals surface area contributed by atoms with Crippen LogP contribution in [0, 0.1) is 0 Å². The molecule has 0 radical (unpaired) electrons. The van der Waals surface area contributed by atoms with Crippen molar-refractivity contribution in [3.8, 4) is 0 Å². The first-order valence-corrected chi connectivity index (χ1v) is 5.50. The zero-order chi connectivity index (χ0) is 13.4. The van der Waals surface area contributed by atoms with E-state index in [4.69, 9.17) is 14.6 Å². The molecule has 0 fully saturated rings. The van der Waals surface area contributed by atoms with E-state index in [1.807, 2.05) is 0 Å². The molecule has 2 N–H and O–H groups in total. The maximum absolute atomic E-state index is 10.9. The number of carboxylic acids is 1. The number of anilines is 1. The molecular formula is C11H17N3O4. The summed E-state index contributed by atoms with van der Waals surface area (Å²) in [5, 5.41) is 12.0. The van der Waals surface area contributed by atoms with Crippen LogP contribution in [0.4, 0.5) is 5.95 Å². The molecule has 0 aromatic carbocycles. The van der Waals surface area contributed by atoms with Crippen LogP contribution in [0.5, 0.6) is 0 Å². The Balaban J connectivity index is 2.70. The smallest absolute Gasteiger partial charge is 0.339 e. The Hall–Kier alpha value is -1.73. The molecule has 0 aliphatic heterocycles. The molecule has 0 spiro atoms. The van der Waals surface area contributed by atoms with Gasteiger partial charge in [-0.1, -0.05) is 0 Å². The molecule has 0 aliphatic carbocycles. The van der Waals surface area contributed by atoms with Gasteiger partial charge in [0.15, 0.2) is 0 Å². The van der Waals surface area contributed by atoms with E-state index < -0.39 is 5.97 Å². The van der Waals surface area contributed by atoms with Crippen molar-refractivity contribution in [2.24, 2.45) is 0 Å². The third-order valence-electron chi connectivity index (χ3n) is 2.19. The number of aromatic nitrogens is 2. The van der Waals surface area contributed by atoms with Crippen LogP contribution >= 0.6 is 0 Å². The fraction of sp³-hybridized carbons (Fsp3) is 0.545. The lowest BCUT2D eigenvalue weighted by Crippen LogP contribution is -2.12. The van der Waals surface area contributed by atoms with Crippen LogP contribution in [-0.2, 0) is 16.1 Å². The SMILES string of the molecule is COCCCNc1ncc(C(=O)O)c(COC)n1. The van der Waals surface area contributed by atoms with Gasteiger partial charge in [0, 0.05) is 33.6 Å². The highest BCUT2D eigenvalue weighted by Gasteiger charge is 2.13. The summed E-state index contributed by atoms with van der Waals surface area (Å²) < 4.78 is 9.83. The molecular weight excluding hydrogens is 238 g/mol. The molecule has 7 nitrogen and oxygen atoms in total. The lowest BCUT2D eigenvalue weighted by molar-refractivity contribution is 0.0690. The number of rotatable bonds is 8. The highest BCUT2D eigenvalue weighted by Crippen LogP contribution is 2.09. The van der Waals surface area contributed by atoms with Crippen molar-refractivity contribution < 1.29 is 19.4 Å². The monoisotopic (exact) mass is 255 g/mol. The van der Waals surface area contributed by atoms with Gasteiger partial charge in [-0.05, 0) is 6.42 Å². The predicted octanol–water partition coefficient (Wildman–Crippen LogP) is 0.770. The lowest BCUT2D eigenvalue weighted by Gasteiger charge is -2.08. The Morgan fingerprint density at radius 1 is 1.44 bits per heavy atom. The number of carbonyl (C=O) groups is 1. The van der Waals surface area contributed by atoms with Crippen LogP contribution in [-0.4, -0.2) is 48.4 Å². The molecule has 0 saturated carbocycles. The minimum absolute atomic E-state index is 0.0549. The molecule has 100 valence electrons. The van der Waals surface area contributed by atoms with E-state index in [2.05, 4.69) is 15.3 Å². The Kier molecular flexibility index (Phi) is 6.03. The summed E-state index contributed by atoms with van der Waals surface area (Å²) in [7, 11) is 3.12. The van der Waals surface area contributed by atoms with Crippen molar-refractivity contribution >= 4 is 11.9 Å². The molecule has 1 aromatic rings. The largest absolute Gasteiger partial charge is 0.478 e. The van der Waals surface area contributed by atoms with Crippen LogP contribution in [0.25, 0.3) is 0 Å². The number of hydrogen-bond donors (Lipinski definition) is 2. The molecule has 7 heteroatoms. The van der Waals surface area contributed by atoms with E-state index in [-0.39, 0.29) is 12.2 Å². The van der Waals surface area contributed by atoms with Gasteiger partial charge < -0.3 is 19.9 Å². The number of aromatic carboxylic acids is 1. The summed E-state index contributed by atoms with van der Waals surface area (Å²) in [5.41, 5.74) is 0.411. The van der Waals surface area contributed by atoms with Crippen molar-refractivity contribution in [1.29, 1.82) is 0 Å². The molecule has 1 heterocycles.